The number of nitrogens with two attached hydrogens (primary N) is 2. The number of halogens is 1. The Morgan fingerprint density at radius 1 is 1.10 bits per heavy atom. The van der Waals surface area contributed by atoms with E-state index in [4.69, 9.17) is 15.9 Å². The van der Waals surface area contributed by atoms with Crippen LogP contribution in [0, 0.1) is 0 Å². The molecule has 21 heavy (non-hydrogen) atoms. The minimum absolute atomic E-state index is 0. The molecule has 4 N–H and O–H groups in total. The number of guanidine groups is 1. The van der Waals surface area contributed by atoms with Gasteiger partial charge in [0.2, 0.25) is 0 Å². The SMILES string of the molecule is CN(Cc1ccco1)Cc1ccccc1CN=C(N)N.I. The van der Waals surface area contributed by atoms with Crippen molar-refractivity contribution in [2.24, 2.45) is 16.5 Å². The Balaban J connectivity index is 0.00000220. The molecule has 0 aliphatic heterocycles. The van der Waals surface area contributed by atoms with Crippen LogP contribution in [-0.2, 0) is 19.6 Å². The summed E-state index contributed by atoms with van der Waals surface area (Å²) in [5.74, 6) is 1.07. The van der Waals surface area contributed by atoms with Gasteiger partial charge in [-0.05, 0) is 30.3 Å². The highest BCUT2D eigenvalue weighted by Gasteiger charge is 2.07. The first kappa shape index (κ1) is 17.5. The second-order valence-electron chi connectivity index (χ2n) is 4.76. The fourth-order valence-electron chi connectivity index (χ4n) is 2.06. The van der Waals surface area contributed by atoms with E-state index in [1.165, 1.54) is 5.56 Å². The molecule has 0 saturated carbocycles. The molecule has 0 amide bonds. The van der Waals surface area contributed by atoms with E-state index in [1.807, 2.05) is 30.3 Å². The summed E-state index contributed by atoms with van der Waals surface area (Å²) in [5, 5.41) is 0. The molecule has 0 aliphatic carbocycles. The van der Waals surface area contributed by atoms with Crippen LogP contribution in [0.25, 0.3) is 0 Å². The summed E-state index contributed by atoms with van der Waals surface area (Å²) in [4.78, 5) is 6.26. The maximum Gasteiger partial charge on any atom is 0.186 e. The molecule has 5 nitrogen and oxygen atoms in total. The Kier molecular flexibility index (Phi) is 7.24. The number of aliphatic imine (C=N–C) groups is 1. The Morgan fingerprint density at radius 2 is 1.81 bits per heavy atom. The molecular formula is C15H21IN4O. The number of furan rings is 1. The fourth-order valence-corrected chi connectivity index (χ4v) is 2.06. The van der Waals surface area contributed by atoms with Crippen molar-refractivity contribution in [3.8, 4) is 0 Å². The van der Waals surface area contributed by atoms with Crippen molar-refractivity contribution in [2.45, 2.75) is 19.6 Å². The summed E-state index contributed by atoms with van der Waals surface area (Å²) in [6.45, 7) is 2.09. The molecule has 2 aromatic rings. The lowest BCUT2D eigenvalue weighted by Crippen LogP contribution is -2.23. The smallest absolute Gasteiger partial charge is 0.186 e. The Labute approximate surface area is 142 Å². The fraction of sp³-hybridized carbons (Fsp3) is 0.267. The predicted molar refractivity (Wildman–Crippen MR) is 95.2 cm³/mol. The first-order valence-corrected chi connectivity index (χ1v) is 6.48. The van der Waals surface area contributed by atoms with Gasteiger partial charge in [-0.3, -0.25) is 4.90 Å². The highest BCUT2D eigenvalue weighted by Crippen LogP contribution is 2.14. The summed E-state index contributed by atoms with van der Waals surface area (Å²) < 4.78 is 5.35. The lowest BCUT2D eigenvalue weighted by molar-refractivity contribution is 0.287. The largest absolute Gasteiger partial charge is 0.468 e. The van der Waals surface area contributed by atoms with Gasteiger partial charge in [0.25, 0.3) is 0 Å². The van der Waals surface area contributed by atoms with Crippen LogP contribution in [0.15, 0.2) is 52.1 Å². The molecule has 0 saturated heterocycles. The number of rotatable bonds is 6. The third-order valence-electron chi connectivity index (χ3n) is 3.00. The maximum atomic E-state index is 5.39. The van der Waals surface area contributed by atoms with Crippen molar-refractivity contribution >= 4 is 29.9 Å². The van der Waals surface area contributed by atoms with Crippen molar-refractivity contribution in [3.63, 3.8) is 0 Å². The van der Waals surface area contributed by atoms with Crippen LogP contribution in [0.5, 0.6) is 0 Å². The van der Waals surface area contributed by atoms with Crippen LogP contribution in [0.1, 0.15) is 16.9 Å². The maximum absolute atomic E-state index is 5.39. The monoisotopic (exact) mass is 400 g/mol. The molecule has 2 rings (SSSR count). The summed E-state index contributed by atoms with van der Waals surface area (Å²) >= 11 is 0. The molecule has 0 aliphatic rings. The van der Waals surface area contributed by atoms with E-state index in [-0.39, 0.29) is 29.9 Å². The van der Waals surface area contributed by atoms with E-state index >= 15 is 0 Å². The summed E-state index contributed by atoms with van der Waals surface area (Å²) in [6, 6.07) is 12.0. The highest BCUT2D eigenvalue weighted by atomic mass is 127. The Hall–Kier alpha value is -1.54. The molecule has 1 aromatic carbocycles. The van der Waals surface area contributed by atoms with E-state index in [0.717, 1.165) is 24.4 Å². The summed E-state index contributed by atoms with van der Waals surface area (Å²) in [6.07, 6.45) is 1.69. The molecule has 0 bridgehead atoms. The average Bonchev–Trinajstić information content (AvgIpc) is 2.90. The second-order valence-corrected chi connectivity index (χ2v) is 4.76. The number of benzene rings is 1. The van der Waals surface area contributed by atoms with Gasteiger partial charge in [0, 0.05) is 6.54 Å². The number of hydrogen-bond donors (Lipinski definition) is 2. The van der Waals surface area contributed by atoms with Gasteiger partial charge in [-0.15, -0.1) is 24.0 Å². The van der Waals surface area contributed by atoms with Gasteiger partial charge in [0.05, 0.1) is 19.4 Å². The molecule has 1 heterocycles. The summed E-state index contributed by atoms with van der Waals surface area (Å²) in [7, 11) is 2.06. The molecule has 0 unspecified atom stereocenters. The van der Waals surface area contributed by atoms with E-state index in [0.29, 0.717) is 6.54 Å². The van der Waals surface area contributed by atoms with Gasteiger partial charge in [0.1, 0.15) is 5.76 Å². The zero-order valence-corrected chi connectivity index (χ0v) is 14.4. The molecule has 0 spiro atoms. The van der Waals surface area contributed by atoms with Crippen LogP contribution < -0.4 is 11.5 Å². The quantitative estimate of drug-likeness (QED) is 0.443. The molecule has 0 atom stereocenters. The normalized spacial score (nSPS) is 10.2. The topological polar surface area (TPSA) is 80.8 Å². The van der Waals surface area contributed by atoms with Gasteiger partial charge in [0.15, 0.2) is 5.96 Å². The van der Waals surface area contributed by atoms with Crippen LogP contribution in [0.2, 0.25) is 0 Å². The minimum Gasteiger partial charge on any atom is -0.468 e. The number of nitrogens with zero attached hydrogens (tertiary/aromatic N) is 2. The van der Waals surface area contributed by atoms with Gasteiger partial charge in [-0.2, -0.15) is 0 Å². The molecule has 0 fully saturated rings. The predicted octanol–water partition coefficient (Wildman–Crippen LogP) is 2.30. The Bertz CT molecular complexity index is 565. The summed E-state index contributed by atoms with van der Waals surface area (Å²) in [5.41, 5.74) is 13.1. The van der Waals surface area contributed by atoms with Crippen LogP contribution in [-0.4, -0.2) is 17.9 Å². The van der Waals surface area contributed by atoms with Crippen LogP contribution in [0.4, 0.5) is 0 Å². The highest BCUT2D eigenvalue weighted by molar-refractivity contribution is 14.0. The number of hydrogen-bond acceptors (Lipinski definition) is 3. The van der Waals surface area contributed by atoms with E-state index in [2.05, 4.69) is 23.0 Å². The van der Waals surface area contributed by atoms with Crippen molar-refractivity contribution < 1.29 is 4.42 Å². The average molecular weight is 400 g/mol. The van der Waals surface area contributed by atoms with E-state index in [1.54, 1.807) is 6.26 Å². The lowest BCUT2D eigenvalue weighted by Gasteiger charge is -2.17. The molecule has 6 heteroatoms. The van der Waals surface area contributed by atoms with Crippen molar-refractivity contribution in [3.05, 3.63) is 59.5 Å². The van der Waals surface area contributed by atoms with E-state index < -0.39 is 0 Å². The standard InChI is InChI=1S/C15H20N4O.HI/c1-19(11-14-7-4-8-20-14)10-13-6-3-2-5-12(13)9-18-15(16)17;/h2-8H,9-11H2,1H3,(H4,16,17,18);1H. The van der Waals surface area contributed by atoms with Crippen LogP contribution >= 0.6 is 24.0 Å². The van der Waals surface area contributed by atoms with Gasteiger partial charge in [-0.25, -0.2) is 4.99 Å². The van der Waals surface area contributed by atoms with Crippen LogP contribution in [0.3, 0.4) is 0 Å². The molecular weight excluding hydrogens is 379 g/mol. The van der Waals surface area contributed by atoms with Gasteiger partial charge in [-0.1, -0.05) is 24.3 Å². The first-order valence-electron chi connectivity index (χ1n) is 6.48. The molecule has 1 aromatic heterocycles. The first-order chi connectivity index (χ1) is 9.65. The molecule has 114 valence electrons. The third kappa shape index (κ3) is 5.76. The van der Waals surface area contributed by atoms with E-state index in [9.17, 15) is 0 Å². The zero-order chi connectivity index (χ0) is 14.4. The third-order valence-corrected chi connectivity index (χ3v) is 3.00. The van der Waals surface area contributed by atoms with Crippen molar-refractivity contribution in [1.29, 1.82) is 0 Å². The van der Waals surface area contributed by atoms with Crippen molar-refractivity contribution in [1.82, 2.24) is 4.90 Å². The van der Waals surface area contributed by atoms with Crippen molar-refractivity contribution in [2.75, 3.05) is 7.05 Å². The second kappa shape index (κ2) is 8.68. The van der Waals surface area contributed by atoms with Gasteiger partial charge < -0.3 is 15.9 Å². The lowest BCUT2D eigenvalue weighted by atomic mass is 10.1. The Morgan fingerprint density at radius 3 is 2.43 bits per heavy atom. The minimum atomic E-state index is 0. The molecule has 0 radical (unpaired) electrons. The zero-order valence-electron chi connectivity index (χ0n) is 12.0. The van der Waals surface area contributed by atoms with Gasteiger partial charge >= 0.3 is 0 Å².